The smallest absolute Gasteiger partial charge is 0.326 e. The molecule has 2 bridgehead atoms. The number of fused-ring (bicyclic) bond motifs is 5. The standard InChI is InChI=1S/C21H21N3O6/c1-11(25)22-14-4-6-15(7-5-14)23-16(26)10-30-17(27)9-24-20(28)18-12-2-3-13(8-12)19(18)21(24)29/h2-7,12-13,18-19H,8-10H2,1H3,(H,22,25)(H,23,26)/t12-,13+,18-,19+. The van der Waals surface area contributed by atoms with E-state index < -0.39 is 25.0 Å². The zero-order chi connectivity index (χ0) is 21.4. The summed E-state index contributed by atoms with van der Waals surface area (Å²) >= 11 is 0. The summed E-state index contributed by atoms with van der Waals surface area (Å²) in [4.78, 5) is 61.1. The van der Waals surface area contributed by atoms with Crippen LogP contribution in [0.1, 0.15) is 13.3 Å². The number of nitrogens with one attached hydrogen (secondary N) is 2. The van der Waals surface area contributed by atoms with Gasteiger partial charge in [0.1, 0.15) is 6.54 Å². The maximum atomic E-state index is 12.6. The van der Waals surface area contributed by atoms with Gasteiger partial charge in [-0.25, -0.2) is 0 Å². The molecule has 0 radical (unpaired) electrons. The van der Waals surface area contributed by atoms with Crippen LogP contribution >= 0.6 is 0 Å². The maximum Gasteiger partial charge on any atom is 0.326 e. The number of nitrogens with zero attached hydrogens (tertiary/aromatic N) is 1. The lowest BCUT2D eigenvalue weighted by Crippen LogP contribution is -2.38. The Morgan fingerprint density at radius 1 is 0.967 bits per heavy atom. The van der Waals surface area contributed by atoms with E-state index in [2.05, 4.69) is 10.6 Å². The van der Waals surface area contributed by atoms with Gasteiger partial charge in [-0.3, -0.25) is 28.9 Å². The van der Waals surface area contributed by atoms with Gasteiger partial charge in [0.2, 0.25) is 17.7 Å². The summed E-state index contributed by atoms with van der Waals surface area (Å²) in [5.41, 5.74) is 1.05. The number of rotatable bonds is 6. The monoisotopic (exact) mass is 411 g/mol. The first kappa shape index (κ1) is 19.8. The highest BCUT2D eigenvalue weighted by Crippen LogP contribution is 2.52. The molecule has 1 aliphatic heterocycles. The van der Waals surface area contributed by atoms with Crippen LogP contribution in [0.25, 0.3) is 0 Å². The summed E-state index contributed by atoms with van der Waals surface area (Å²) in [6.45, 7) is 0.367. The van der Waals surface area contributed by atoms with Gasteiger partial charge in [0, 0.05) is 18.3 Å². The minimum Gasteiger partial charge on any atom is -0.454 e. The molecule has 30 heavy (non-hydrogen) atoms. The van der Waals surface area contributed by atoms with E-state index in [9.17, 15) is 24.0 Å². The fourth-order valence-electron chi connectivity index (χ4n) is 4.48. The molecule has 0 aromatic heterocycles. The first-order valence-electron chi connectivity index (χ1n) is 9.70. The summed E-state index contributed by atoms with van der Waals surface area (Å²) in [5, 5.41) is 5.16. The van der Waals surface area contributed by atoms with Crippen molar-refractivity contribution in [3.05, 3.63) is 36.4 Å². The average Bonchev–Trinajstić information content (AvgIpc) is 3.38. The van der Waals surface area contributed by atoms with Gasteiger partial charge in [-0.2, -0.15) is 0 Å². The maximum absolute atomic E-state index is 12.6. The molecule has 4 rings (SSSR count). The number of carbonyl (C=O) groups excluding carboxylic acids is 5. The van der Waals surface area contributed by atoms with Crippen molar-refractivity contribution in [2.75, 3.05) is 23.8 Å². The molecule has 1 saturated carbocycles. The summed E-state index contributed by atoms with van der Waals surface area (Å²) in [6.07, 6.45) is 4.77. The number of benzene rings is 1. The Morgan fingerprint density at radius 2 is 1.50 bits per heavy atom. The van der Waals surface area contributed by atoms with Gasteiger partial charge in [-0.05, 0) is 42.5 Å². The molecule has 1 heterocycles. The highest BCUT2D eigenvalue weighted by molar-refractivity contribution is 6.08. The Balaban J connectivity index is 1.25. The van der Waals surface area contributed by atoms with Crippen LogP contribution in [0.4, 0.5) is 11.4 Å². The second-order valence-electron chi connectivity index (χ2n) is 7.73. The Hall–Kier alpha value is -3.49. The number of imide groups is 1. The lowest BCUT2D eigenvalue weighted by atomic mass is 9.85. The molecule has 2 fully saturated rings. The van der Waals surface area contributed by atoms with Crippen molar-refractivity contribution in [3.8, 4) is 0 Å². The Bertz CT molecular complexity index is 924. The highest BCUT2D eigenvalue weighted by atomic mass is 16.5. The van der Waals surface area contributed by atoms with E-state index in [-0.39, 0.29) is 41.4 Å². The third-order valence-electron chi connectivity index (χ3n) is 5.70. The van der Waals surface area contributed by atoms with Crippen molar-refractivity contribution < 1.29 is 28.7 Å². The molecule has 4 atom stereocenters. The molecule has 9 heteroatoms. The molecular weight excluding hydrogens is 390 g/mol. The van der Waals surface area contributed by atoms with Gasteiger partial charge >= 0.3 is 5.97 Å². The van der Waals surface area contributed by atoms with Crippen LogP contribution in [0.3, 0.4) is 0 Å². The van der Waals surface area contributed by atoms with Gasteiger partial charge in [-0.1, -0.05) is 12.2 Å². The third kappa shape index (κ3) is 3.70. The second-order valence-corrected chi connectivity index (χ2v) is 7.73. The number of likely N-dealkylation sites (tertiary alicyclic amines) is 1. The van der Waals surface area contributed by atoms with Crippen LogP contribution in [-0.4, -0.2) is 47.6 Å². The molecule has 0 unspecified atom stereocenters. The zero-order valence-electron chi connectivity index (χ0n) is 16.3. The number of allylic oxidation sites excluding steroid dienone is 2. The largest absolute Gasteiger partial charge is 0.454 e. The predicted molar refractivity (Wildman–Crippen MR) is 105 cm³/mol. The van der Waals surface area contributed by atoms with Gasteiger partial charge < -0.3 is 15.4 Å². The Morgan fingerprint density at radius 3 is 2.03 bits per heavy atom. The number of hydrogen-bond acceptors (Lipinski definition) is 6. The van der Waals surface area contributed by atoms with E-state index in [4.69, 9.17) is 4.74 Å². The zero-order valence-corrected chi connectivity index (χ0v) is 16.3. The molecule has 4 amide bonds. The van der Waals surface area contributed by atoms with Crippen molar-refractivity contribution in [2.45, 2.75) is 13.3 Å². The fourth-order valence-corrected chi connectivity index (χ4v) is 4.48. The van der Waals surface area contributed by atoms with Crippen molar-refractivity contribution in [1.82, 2.24) is 4.90 Å². The number of carbonyl (C=O) groups is 5. The molecule has 2 aliphatic carbocycles. The molecule has 156 valence electrons. The summed E-state index contributed by atoms with van der Waals surface area (Å²) < 4.78 is 4.93. The number of esters is 1. The number of amides is 4. The molecular formula is C21H21N3O6. The van der Waals surface area contributed by atoms with Crippen LogP contribution < -0.4 is 10.6 Å². The lowest BCUT2D eigenvalue weighted by Gasteiger charge is -2.16. The van der Waals surface area contributed by atoms with Crippen molar-refractivity contribution in [2.24, 2.45) is 23.7 Å². The van der Waals surface area contributed by atoms with Crippen molar-refractivity contribution >= 4 is 41.0 Å². The minimum absolute atomic E-state index is 0.0697. The van der Waals surface area contributed by atoms with Crippen LogP contribution in [0.15, 0.2) is 36.4 Å². The second kappa shape index (κ2) is 7.74. The molecule has 1 aromatic carbocycles. The molecule has 9 nitrogen and oxygen atoms in total. The fraction of sp³-hybridized carbons (Fsp3) is 0.381. The van der Waals surface area contributed by atoms with Crippen LogP contribution in [0.5, 0.6) is 0 Å². The minimum atomic E-state index is -0.812. The highest BCUT2D eigenvalue weighted by Gasteiger charge is 2.59. The van der Waals surface area contributed by atoms with Gasteiger partial charge in [0.15, 0.2) is 6.61 Å². The van der Waals surface area contributed by atoms with Crippen molar-refractivity contribution in [3.63, 3.8) is 0 Å². The summed E-state index contributed by atoms with van der Waals surface area (Å²) in [5.74, 6) is -2.85. The van der Waals surface area contributed by atoms with E-state index in [1.807, 2.05) is 12.2 Å². The molecule has 2 N–H and O–H groups in total. The molecule has 1 saturated heterocycles. The van der Waals surface area contributed by atoms with Gasteiger partial charge in [0.25, 0.3) is 5.91 Å². The molecule has 0 spiro atoms. The van der Waals surface area contributed by atoms with E-state index in [1.54, 1.807) is 24.3 Å². The molecule has 1 aromatic rings. The van der Waals surface area contributed by atoms with Gasteiger partial charge in [0.05, 0.1) is 11.8 Å². The first-order valence-corrected chi connectivity index (χ1v) is 9.70. The number of anilines is 2. The number of ether oxygens (including phenoxy) is 1. The Kier molecular flexibility index (Phi) is 5.11. The quantitative estimate of drug-likeness (QED) is 0.408. The van der Waals surface area contributed by atoms with Gasteiger partial charge in [-0.15, -0.1) is 0 Å². The van der Waals surface area contributed by atoms with E-state index >= 15 is 0 Å². The summed E-state index contributed by atoms with van der Waals surface area (Å²) in [7, 11) is 0. The average molecular weight is 411 g/mol. The topological polar surface area (TPSA) is 122 Å². The SMILES string of the molecule is CC(=O)Nc1ccc(NC(=O)COC(=O)CN2C(=O)[C@@H]3[C@H](C2=O)[C@@H]2C=C[C@H]3C2)cc1. The van der Waals surface area contributed by atoms with E-state index in [1.165, 1.54) is 6.92 Å². The van der Waals surface area contributed by atoms with Crippen LogP contribution in [0.2, 0.25) is 0 Å². The van der Waals surface area contributed by atoms with E-state index in [0.29, 0.717) is 11.4 Å². The van der Waals surface area contributed by atoms with Crippen LogP contribution in [0, 0.1) is 23.7 Å². The van der Waals surface area contributed by atoms with Crippen LogP contribution in [-0.2, 0) is 28.7 Å². The first-order chi connectivity index (χ1) is 14.3. The van der Waals surface area contributed by atoms with E-state index in [0.717, 1.165) is 11.3 Å². The normalized spacial score (nSPS) is 26.0. The predicted octanol–water partition coefficient (Wildman–Crippen LogP) is 0.934. The summed E-state index contributed by atoms with van der Waals surface area (Å²) in [6, 6.07) is 6.42. The van der Waals surface area contributed by atoms with Crippen molar-refractivity contribution in [1.29, 1.82) is 0 Å². The number of hydrogen-bond donors (Lipinski definition) is 2. The third-order valence-corrected chi connectivity index (χ3v) is 5.70. The molecule has 3 aliphatic rings. The lowest BCUT2D eigenvalue weighted by molar-refractivity contribution is -0.154. The Labute approximate surface area is 172 Å².